The molecule has 0 radical (unpaired) electrons. The smallest absolute Gasteiger partial charge is 0.418 e. The summed E-state index contributed by atoms with van der Waals surface area (Å²) in [6, 6.07) is 1.05. The highest BCUT2D eigenvalue weighted by atomic mass is 79.9. The zero-order valence-electron chi connectivity index (χ0n) is 10.8. The van der Waals surface area contributed by atoms with Gasteiger partial charge in [-0.15, -0.1) is 0 Å². The number of carboxylic acids is 1. The van der Waals surface area contributed by atoms with E-state index in [2.05, 4.69) is 21.2 Å². The molecule has 0 bridgehead atoms. The van der Waals surface area contributed by atoms with Gasteiger partial charge in [0.1, 0.15) is 6.04 Å². The van der Waals surface area contributed by atoms with Crippen molar-refractivity contribution in [1.82, 2.24) is 5.32 Å². The fourth-order valence-corrected chi connectivity index (χ4v) is 1.88. The van der Waals surface area contributed by atoms with Crippen LogP contribution in [0.25, 0.3) is 0 Å². The van der Waals surface area contributed by atoms with Crippen molar-refractivity contribution in [2.45, 2.75) is 25.6 Å². The molecule has 9 heteroatoms. The molecule has 0 aliphatic rings. The average molecular weight is 369 g/mol. The number of carboxylic acid groups (broad SMARTS) is 1. The van der Waals surface area contributed by atoms with Crippen LogP contribution in [0.1, 0.15) is 18.9 Å². The van der Waals surface area contributed by atoms with Crippen LogP contribution in [0, 0.1) is 0 Å². The highest BCUT2D eigenvalue weighted by Gasteiger charge is 2.34. The molecule has 1 rings (SSSR count). The Hall–Kier alpha value is -1.77. The third-order valence-corrected chi connectivity index (χ3v) is 3.04. The van der Waals surface area contributed by atoms with Crippen LogP contribution < -0.4 is 10.6 Å². The van der Waals surface area contributed by atoms with E-state index in [1.54, 1.807) is 0 Å². The van der Waals surface area contributed by atoms with Gasteiger partial charge < -0.3 is 15.7 Å². The van der Waals surface area contributed by atoms with E-state index in [4.69, 9.17) is 5.11 Å². The number of rotatable bonds is 4. The number of carbonyl (C=O) groups is 2. The Kier molecular flexibility index (Phi) is 5.59. The summed E-state index contributed by atoms with van der Waals surface area (Å²) >= 11 is 2.92. The Labute approximate surface area is 126 Å². The Morgan fingerprint density at radius 1 is 1.38 bits per heavy atom. The van der Waals surface area contributed by atoms with Gasteiger partial charge in [0.25, 0.3) is 0 Å². The van der Waals surface area contributed by atoms with Crippen molar-refractivity contribution in [2.75, 3.05) is 5.32 Å². The lowest BCUT2D eigenvalue weighted by molar-refractivity contribution is -0.139. The van der Waals surface area contributed by atoms with Crippen molar-refractivity contribution in [3.63, 3.8) is 0 Å². The Balaban J connectivity index is 2.93. The van der Waals surface area contributed by atoms with Gasteiger partial charge in [-0.1, -0.05) is 22.9 Å². The fourth-order valence-electron chi connectivity index (χ4n) is 1.52. The van der Waals surface area contributed by atoms with Gasteiger partial charge >= 0.3 is 18.2 Å². The molecule has 0 spiro atoms. The molecule has 1 aromatic carbocycles. The van der Waals surface area contributed by atoms with E-state index in [9.17, 15) is 22.8 Å². The molecular weight excluding hydrogens is 357 g/mol. The molecule has 0 aliphatic heterocycles. The van der Waals surface area contributed by atoms with Crippen molar-refractivity contribution in [1.29, 1.82) is 0 Å². The number of aliphatic carboxylic acids is 1. The van der Waals surface area contributed by atoms with E-state index < -0.39 is 35.5 Å². The Morgan fingerprint density at radius 3 is 2.48 bits per heavy atom. The first-order valence-corrected chi connectivity index (χ1v) is 6.61. The lowest BCUT2D eigenvalue weighted by Crippen LogP contribution is -2.42. The number of hydrogen-bond acceptors (Lipinski definition) is 2. The normalized spacial score (nSPS) is 12.6. The number of benzene rings is 1. The minimum absolute atomic E-state index is 0.106. The minimum atomic E-state index is -4.65. The first kappa shape index (κ1) is 17.3. The van der Waals surface area contributed by atoms with Crippen molar-refractivity contribution in [3.05, 3.63) is 28.2 Å². The fraction of sp³-hybridized carbons (Fsp3) is 0.333. The molecule has 1 atom stereocenters. The second-order valence-corrected chi connectivity index (χ2v) is 5.00. The van der Waals surface area contributed by atoms with E-state index in [1.807, 2.05) is 5.32 Å². The number of halogens is 4. The maximum atomic E-state index is 12.8. The lowest BCUT2D eigenvalue weighted by atomic mass is 10.1. The zero-order chi connectivity index (χ0) is 16.2. The van der Waals surface area contributed by atoms with Gasteiger partial charge in [0.2, 0.25) is 0 Å². The van der Waals surface area contributed by atoms with Gasteiger partial charge in [-0.05, 0) is 24.6 Å². The van der Waals surface area contributed by atoms with Crippen LogP contribution in [0.3, 0.4) is 0 Å². The third-order valence-electron chi connectivity index (χ3n) is 2.55. The van der Waals surface area contributed by atoms with Crippen molar-refractivity contribution in [3.8, 4) is 0 Å². The summed E-state index contributed by atoms with van der Waals surface area (Å²) in [5, 5.41) is 12.9. The summed E-state index contributed by atoms with van der Waals surface area (Å²) in [4.78, 5) is 22.3. The van der Waals surface area contributed by atoms with Crippen LogP contribution in [0.15, 0.2) is 22.7 Å². The van der Waals surface area contributed by atoms with Gasteiger partial charge in [0.05, 0.1) is 11.3 Å². The standard InChI is InChI=1S/C12H12BrF3N2O3/c1-2-8(10(19)20)17-11(21)18-9-4-3-6(13)5-7(9)12(14,15)16/h3-5,8H,2H2,1H3,(H,19,20)(H2,17,18,21). The molecule has 0 fully saturated rings. The molecule has 3 N–H and O–H groups in total. The molecule has 5 nitrogen and oxygen atoms in total. The Morgan fingerprint density at radius 2 is 2.00 bits per heavy atom. The van der Waals surface area contributed by atoms with E-state index in [1.165, 1.54) is 13.0 Å². The summed E-state index contributed by atoms with van der Waals surface area (Å²) in [5.41, 5.74) is -1.49. The molecule has 21 heavy (non-hydrogen) atoms. The molecule has 0 saturated carbocycles. The summed E-state index contributed by atoms with van der Waals surface area (Å²) in [7, 11) is 0. The predicted molar refractivity (Wildman–Crippen MR) is 73.0 cm³/mol. The summed E-state index contributed by atoms with van der Waals surface area (Å²) in [6.45, 7) is 1.53. The lowest BCUT2D eigenvalue weighted by Gasteiger charge is -2.16. The molecule has 1 unspecified atom stereocenters. The van der Waals surface area contributed by atoms with Crippen molar-refractivity contribution >= 4 is 33.6 Å². The molecule has 1 aromatic rings. The van der Waals surface area contributed by atoms with E-state index in [0.29, 0.717) is 0 Å². The van der Waals surface area contributed by atoms with Crippen LogP contribution in [-0.4, -0.2) is 23.1 Å². The summed E-state index contributed by atoms with van der Waals surface area (Å²) < 4.78 is 38.8. The van der Waals surface area contributed by atoms with Gasteiger partial charge in [-0.2, -0.15) is 13.2 Å². The number of amides is 2. The molecule has 0 aromatic heterocycles. The first-order valence-electron chi connectivity index (χ1n) is 5.82. The number of anilines is 1. The first-order chi connectivity index (χ1) is 9.65. The highest BCUT2D eigenvalue weighted by molar-refractivity contribution is 9.10. The second-order valence-electron chi connectivity index (χ2n) is 4.09. The molecular formula is C12H12BrF3N2O3. The number of alkyl halides is 3. The maximum Gasteiger partial charge on any atom is 0.418 e. The van der Waals surface area contributed by atoms with E-state index in [0.717, 1.165) is 12.1 Å². The van der Waals surface area contributed by atoms with Gasteiger partial charge in [0, 0.05) is 4.47 Å². The van der Waals surface area contributed by atoms with Crippen LogP contribution in [-0.2, 0) is 11.0 Å². The molecule has 0 aliphatic carbocycles. The summed E-state index contributed by atoms with van der Waals surface area (Å²) in [5.74, 6) is -1.26. The number of hydrogen-bond donors (Lipinski definition) is 3. The van der Waals surface area contributed by atoms with Crippen LogP contribution in [0.5, 0.6) is 0 Å². The van der Waals surface area contributed by atoms with E-state index >= 15 is 0 Å². The number of urea groups is 1. The van der Waals surface area contributed by atoms with Crippen LogP contribution in [0.2, 0.25) is 0 Å². The van der Waals surface area contributed by atoms with Gasteiger partial charge in [-0.25, -0.2) is 9.59 Å². The maximum absolute atomic E-state index is 12.8. The predicted octanol–water partition coefficient (Wildman–Crippen LogP) is 3.45. The highest BCUT2D eigenvalue weighted by Crippen LogP contribution is 2.36. The monoisotopic (exact) mass is 368 g/mol. The molecule has 0 heterocycles. The molecule has 2 amide bonds. The van der Waals surface area contributed by atoms with Crippen molar-refractivity contribution < 1.29 is 27.9 Å². The third kappa shape index (κ3) is 4.92. The topological polar surface area (TPSA) is 78.4 Å². The van der Waals surface area contributed by atoms with Crippen molar-refractivity contribution in [2.24, 2.45) is 0 Å². The van der Waals surface area contributed by atoms with Gasteiger partial charge in [0.15, 0.2) is 0 Å². The molecule has 116 valence electrons. The number of carbonyl (C=O) groups excluding carboxylic acids is 1. The van der Waals surface area contributed by atoms with Crippen LogP contribution in [0.4, 0.5) is 23.7 Å². The summed E-state index contributed by atoms with van der Waals surface area (Å²) in [6.07, 6.45) is -4.54. The second kappa shape index (κ2) is 6.79. The van der Waals surface area contributed by atoms with E-state index in [-0.39, 0.29) is 10.9 Å². The van der Waals surface area contributed by atoms with Crippen LogP contribution >= 0.6 is 15.9 Å². The number of nitrogens with one attached hydrogen (secondary N) is 2. The Bertz CT molecular complexity index is 549. The zero-order valence-corrected chi connectivity index (χ0v) is 12.4. The average Bonchev–Trinajstić information content (AvgIpc) is 2.36. The quantitative estimate of drug-likeness (QED) is 0.761. The SMILES string of the molecule is CCC(NC(=O)Nc1ccc(Br)cc1C(F)(F)F)C(=O)O. The minimum Gasteiger partial charge on any atom is -0.480 e. The largest absolute Gasteiger partial charge is 0.480 e. The van der Waals surface area contributed by atoms with Gasteiger partial charge in [-0.3, -0.25) is 0 Å². The molecule has 0 saturated heterocycles.